The number of halogens is 1. The fourth-order valence-corrected chi connectivity index (χ4v) is 3.66. The fraction of sp³-hybridized carbons (Fsp3) is 0.583. The van der Waals surface area contributed by atoms with Crippen LogP contribution in [0.15, 0.2) is 24.4 Å². The summed E-state index contributed by atoms with van der Waals surface area (Å²) in [6.45, 7) is 19.9. The summed E-state index contributed by atoms with van der Waals surface area (Å²) in [5, 5.41) is 0.752. The Bertz CT molecular complexity index is 799. The Morgan fingerprint density at radius 3 is 2.04 bits per heavy atom. The third kappa shape index (κ3) is 5.31. The molecule has 0 unspecified atom stereocenters. The zero-order chi connectivity index (χ0) is 20.6. The molecule has 0 atom stereocenters. The average molecular weight is 387 g/mol. The molecule has 0 N–H and O–H groups in total. The highest BCUT2D eigenvalue weighted by molar-refractivity contribution is 6.31. The van der Waals surface area contributed by atoms with E-state index < -0.39 is 0 Å². The van der Waals surface area contributed by atoms with Crippen LogP contribution in [0.2, 0.25) is 5.02 Å². The first-order chi connectivity index (χ1) is 12.3. The molecule has 0 bridgehead atoms. The van der Waals surface area contributed by atoms with E-state index in [1.807, 2.05) is 6.20 Å². The van der Waals surface area contributed by atoms with E-state index in [1.54, 1.807) is 0 Å². The van der Waals surface area contributed by atoms with Crippen molar-refractivity contribution in [1.82, 2.24) is 9.97 Å². The van der Waals surface area contributed by atoms with E-state index in [0.717, 1.165) is 28.5 Å². The first kappa shape index (κ1) is 21.9. The molecule has 2 aromatic heterocycles. The van der Waals surface area contributed by atoms with Gasteiger partial charge in [0.05, 0.1) is 10.7 Å². The van der Waals surface area contributed by atoms with Crippen LogP contribution in [-0.2, 0) is 17.3 Å². The molecule has 2 nitrogen and oxygen atoms in total. The lowest BCUT2D eigenvalue weighted by molar-refractivity contribution is 0.494. The van der Waals surface area contributed by atoms with Gasteiger partial charge in [-0.25, -0.2) is 0 Å². The maximum atomic E-state index is 6.63. The molecule has 0 aliphatic carbocycles. The largest absolute Gasteiger partial charge is 0.259 e. The molecule has 0 aliphatic rings. The maximum Gasteiger partial charge on any atom is 0.0649 e. The Hall–Kier alpha value is -1.41. The van der Waals surface area contributed by atoms with E-state index in [0.29, 0.717) is 11.8 Å². The number of hydrogen-bond donors (Lipinski definition) is 0. The highest BCUT2D eigenvalue weighted by Crippen LogP contribution is 2.34. The van der Waals surface area contributed by atoms with Gasteiger partial charge in [-0.05, 0) is 46.6 Å². The number of aromatic nitrogens is 2. The van der Waals surface area contributed by atoms with Crippen molar-refractivity contribution in [3.63, 3.8) is 0 Å². The molecule has 0 amide bonds. The number of nitrogens with zero attached hydrogens (tertiary/aromatic N) is 2. The van der Waals surface area contributed by atoms with Crippen LogP contribution in [0.3, 0.4) is 0 Å². The van der Waals surface area contributed by atoms with E-state index in [1.165, 1.54) is 11.1 Å². The Labute approximate surface area is 170 Å². The van der Waals surface area contributed by atoms with Crippen LogP contribution < -0.4 is 0 Å². The van der Waals surface area contributed by atoms with Gasteiger partial charge >= 0.3 is 0 Å². The van der Waals surface area contributed by atoms with Crippen LogP contribution >= 0.6 is 11.6 Å². The molecule has 3 heteroatoms. The molecule has 27 heavy (non-hydrogen) atoms. The molecule has 0 aliphatic heterocycles. The lowest BCUT2D eigenvalue weighted by Gasteiger charge is -2.27. The molecule has 0 spiro atoms. The predicted molar refractivity (Wildman–Crippen MR) is 117 cm³/mol. The van der Waals surface area contributed by atoms with Gasteiger partial charge in [0.2, 0.25) is 0 Å². The average Bonchev–Trinajstić information content (AvgIpc) is 2.52. The van der Waals surface area contributed by atoms with Crippen molar-refractivity contribution in [3.8, 4) is 0 Å². The molecule has 0 radical (unpaired) electrons. The van der Waals surface area contributed by atoms with Gasteiger partial charge in [-0.3, -0.25) is 9.97 Å². The smallest absolute Gasteiger partial charge is 0.0649 e. The van der Waals surface area contributed by atoms with E-state index >= 15 is 0 Å². The van der Waals surface area contributed by atoms with Crippen LogP contribution in [0.1, 0.15) is 102 Å². The van der Waals surface area contributed by atoms with Crippen LogP contribution in [0.4, 0.5) is 0 Å². The summed E-state index contributed by atoms with van der Waals surface area (Å²) in [6, 6.07) is 6.57. The summed E-state index contributed by atoms with van der Waals surface area (Å²) in [6.07, 6.45) is 2.77. The van der Waals surface area contributed by atoms with Gasteiger partial charge in [-0.1, -0.05) is 73.9 Å². The highest BCUT2D eigenvalue weighted by Gasteiger charge is 2.28. The summed E-state index contributed by atoms with van der Waals surface area (Å²) in [5.41, 5.74) is 5.63. The van der Waals surface area contributed by atoms with Crippen molar-refractivity contribution in [2.24, 2.45) is 0 Å². The minimum Gasteiger partial charge on any atom is -0.259 e. The van der Waals surface area contributed by atoms with Crippen molar-refractivity contribution < 1.29 is 0 Å². The predicted octanol–water partition coefficient (Wildman–Crippen LogP) is 7.19. The Morgan fingerprint density at radius 2 is 1.56 bits per heavy atom. The first-order valence-electron chi connectivity index (χ1n) is 9.98. The van der Waals surface area contributed by atoms with Crippen molar-refractivity contribution >= 4 is 11.6 Å². The molecule has 2 heterocycles. The van der Waals surface area contributed by atoms with E-state index in [-0.39, 0.29) is 10.8 Å². The minimum atomic E-state index is -0.190. The first-order valence-corrected chi connectivity index (χ1v) is 10.4. The molecule has 0 fully saturated rings. The van der Waals surface area contributed by atoms with Crippen molar-refractivity contribution in [2.45, 2.75) is 91.4 Å². The van der Waals surface area contributed by atoms with Crippen LogP contribution in [0.25, 0.3) is 0 Å². The molecule has 0 saturated carbocycles. The number of rotatable bonds is 5. The summed E-state index contributed by atoms with van der Waals surface area (Å²) >= 11 is 6.63. The SMILES string of the molecule is CC(C)c1cnc(C(C)(C)Cc2cc(C(C)(C)C)cc(C(C)C)n2)c(Cl)c1. The van der Waals surface area contributed by atoms with Gasteiger partial charge in [0.25, 0.3) is 0 Å². The fourth-order valence-electron chi connectivity index (χ4n) is 3.23. The second kappa shape index (κ2) is 7.91. The van der Waals surface area contributed by atoms with Crippen LogP contribution in [0, 0.1) is 0 Å². The van der Waals surface area contributed by atoms with Gasteiger partial charge in [0.1, 0.15) is 0 Å². The summed E-state index contributed by atoms with van der Waals surface area (Å²) < 4.78 is 0. The summed E-state index contributed by atoms with van der Waals surface area (Å²) in [4.78, 5) is 9.70. The third-order valence-electron chi connectivity index (χ3n) is 5.15. The Balaban J connectivity index is 2.44. The monoisotopic (exact) mass is 386 g/mol. The van der Waals surface area contributed by atoms with Crippen LogP contribution in [0.5, 0.6) is 0 Å². The van der Waals surface area contributed by atoms with Gasteiger partial charge in [0.15, 0.2) is 0 Å². The second-order valence-corrected chi connectivity index (χ2v) is 10.4. The van der Waals surface area contributed by atoms with Crippen molar-refractivity contribution in [1.29, 1.82) is 0 Å². The molecule has 2 rings (SSSR count). The molecular weight excluding hydrogens is 352 g/mol. The van der Waals surface area contributed by atoms with Gasteiger partial charge in [0, 0.05) is 29.4 Å². The van der Waals surface area contributed by atoms with Crippen molar-refractivity contribution in [3.05, 3.63) is 57.6 Å². The minimum absolute atomic E-state index is 0.0975. The second-order valence-electron chi connectivity index (χ2n) is 9.99. The van der Waals surface area contributed by atoms with Crippen LogP contribution in [-0.4, -0.2) is 9.97 Å². The van der Waals surface area contributed by atoms with E-state index in [4.69, 9.17) is 21.6 Å². The normalized spacial score (nSPS) is 12.9. The Kier molecular flexibility index (Phi) is 6.41. The quantitative estimate of drug-likeness (QED) is 0.543. The van der Waals surface area contributed by atoms with Gasteiger partial charge < -0.3 is 0 Å². The Morgan fingerprint density at radius 1 is 0.926 bits per heavy atom. The standard InChI is InChI=1S/C24H35ClN2/c1-15(2)17-10-20(25)22(26-14-17)24(8,9)13-19-11-18(23(5,6)7)12-21(27-19)16(3)4/h10-12,14-16H,13H2,1-9H3. The zero-order valence-electron chi connectivity index (χ0n) is 18.4. The zero-order valence-corrected chi connectivity index (χ0v) is 19.2. The molecule has 0 saturated heterocycles. The maximum absolute atomic E-state index is 6.63. The molecule has 2 aromatic rings. The number of pyridine rings is 2. The lowest BCUT2D eigenvalue weighted by atomic mass is 9.81. The lowest BCUT2D eigenvalue weighted by Crippen LogP contribution is -2.24. The molecular formula is C24H35ClN2. The van der Waals surface area contributed by atoms with E-state index in [2.05, 4.69) is 80.5 Å². The highest BCUT2D eigenvalue weighted by atomic mass is 35.5. The van der Waals surface area contributed by atoms with Gasteiger partial charge in [-0.2, -0.15) is 0 Å². The third-order valence-corrected chi connectivity index (χ3v) is 5.44. The summed E-state index contributed by atoms with van der Waals surface area (Å²) in [5.74, 6) is 0.826. The van der Waals surface area contributed by atoms with Gasteiger partial charge in [-0.15, -0.1) is 0 Å². The molecule has 0 aromatic carbocycles. The number of hydrogen-bond acceptors (Lipinski definition) is 2. The van der Waals surface area contributed by atoms with E-state index in [9.17, 15) is 0 Å². The summed E-state index contributed by atoms with van der Waals surface area (Å²) in [7, 11) is 0. The molecule has 148 valence electrons. The topological polar surface area (TPSA) is 25.8 Å². The van der Waals surface area contributed by atoms with Crippen molar-refractivity contribution in [2.75, 3.05) is 0 Å².